The van der Waals surface area contributed by atoms with Gasteiger partial charge in [-0.1, -0.05) is 43.3 Å². The summed E-state index contributed by atoms with van der Waals surface area (Å²) in [4.78, 5) is 14.7. The van der Waals surface area contributed by atoms with Crippen LogP contribution in [-0.2, 0) is 11.3 Å². The van der Waals surface area contributed by atoms with Crippen molar-refractivity contribution >= 4 is 12.0 Å². The number of hydrogen-bond donors (Lipinski definition) is 0. The van der Waals surface area contributed by atoms with E-state index in [4.69, 9.17) is 14.7 Å². The maximum absolute atomic E-state index is 12.8. The lowest BCUT2D eigenvalue weighted by Crippen LogP contribution is -2.36. The molecule has 1 atom stereocenters. The number of rotatable bonds is 9. The Morgan fingerprint density at radius 2 is 1.96 bits per heavy atom. The number of benzene rings is 2. The van der Waals surface area contributed by atoms with Crippen LogP contribution in [0, 0.1) is 11.3 Å². The molecule has 146 valence electrons. The van der Waals surface area contributed by atoms with E-state index in [9.17, 15) is 4.79 Å². The minimum atomic E-state index is -0.0482. The SMILES string of the molecule is CCC(C)N(Cc1ccccc1)C(=O)/C=C/c1ccc(OCC#N)c(OC)c1. The highest BCUT2D eigenvalue weighted by Gasteiger charge is 2.17. The zero-order chi connectivity index (χ0) is 20.4. The summed E-state index contributed by atoms with van der Waals surface area (Å²) in [7, 11) is 1.54. The number of ether oxygens (including phenoxy) is 2. The molecule has 5 nitrogen and oxygen atoms in total. The first-order valence-corrected chi connectivity index (χ1v) is 9.29. The van der Waals surface area contributed by atoms with Crippen molar-refractivity contribution in [1.29, 1.82) is 5.26 Å². The van der Waals surface area contributed by atoms with Crippen LogP contribution in [0.5, 0.6) is 11.5 Å². The summed E-state index contributed by atoms with van der Waals surface area (Å²) >= 11 is 0. The molecule has 28 heavy (non-hydrogen) atoms. The second-order valence-electron chi connectivity index (χ2n) is 6.40. The van der Waals surface area contributed by atoms with E-state index >= 15 is 0 Å². The van der Waals surface area contributed by atoms with Gasteiger partial charge < -0.3 is 14.4 Å². The van der Waals surface area contributed by atoms with Crippen LogP contribution in [0.15, 0.2) is 54.6 Å². The number of methoxy groups -OCH3 is 1. The van der Waals surface area contributed by atoms with Crippen molar-refractivity contribution in [1.82, 2.24) is 4.90 Å². The van der Waals surface area contributed by atoms with Crippen molar-refractivity contribution in [2.45, 2.75) is 32.9 Å². The minimum absolute atomic E-state index is 0.0398. The Bertz CT molecular complexity index is 841. The fourth-order valence-electron chi connectivity index (χ4n) is 2.73. The molecule has 0 N–H and O–H groups in total. The van der Waals surface area contributed by atoms with E-state index in [1.165, 1.54) is 7.11 Å². The lowest BCUT2D eigenvalue weighted by molar-refractivity contribution is -0.128. The molecule has 0 aliphatic rings. The average molecular weight is 378 g/mol. The Morgan fingerprint density at radius 1 is 1.21 bits per heavy atom. The molecule has 2 rings (SSSR count). The fourth-order valence-corrected chi connectivity index (χ4v) is 2.73. The molecule has 0 heterocycles. The molecule has 0 radical (unpaired) electrons. The van der Waals surface area contributed by atoms with Crippen LogP contribution in [0.1, 0.15) is 31.4 Å². The number of hydrogen-bond acceptors (Lipinski definition) is 4. The van der Waals surface area contributed by atoms with Crippen LogP contribution < -0.4 is 9.47 Å². The lowest BCUT2D eigenvalue weighted by Gasteiger charge is -2.27. The Kier molecular flexibility index (Phi) is 8.11. The van der Waals surface area contributed by atoms with Gasteiger partial charge in [-0.2, -0.15) is 5.26 Å². The molecular weight excluding hydrogens is 352 g/mol. The third-order valence-electron chi connectivity index (χ3n) is 4.50. The average Bonchev–Trinajstić information content (AvgIpc) is 2.74. The molecule has 1 amide bonds. The van der Waals surface area contributed by atoms with Crippen LogP contribution in [0.4, 0.5) is 0 Å². The number of carbonyl (C=O) groups excluding carboxylic acids is 1. The number of carbonyl (C=O) groups is 1. The van der Waals surface area contributed by atoms with Gasteiger partial charge in [-0.05, 0) is 42.7 Å². The van der Waals surface area contributed by atoms with Crippen molar-refractivity contribution in [2.24, 2.45) is 0 Å². The van der Waals surface area contributed by atoms with E-state index in [0.29, 0.717) is 18.0 Å². The van der Waals surface area contributed by atoms with E-state index < -0.39 is 0 Å². The molecule has 0 saturated carbocycles. The minimum Gasteiger partial charge on any atom is -0.493 e. The van der Waals surface area contributed by atoms with Crippen molar-refractivity contribution in [2.75, 3.05) is 13.7 Å². The number of nitrogens with zero attached hydrogens (tertiary/aromatic N) is 2. The summed E-state index contributed by atoms with van der Waals surface area (Å²) in [5, 5.41) is 8.64. The standard InChI is InChI=1S/C23H26N2O3/c1-4-18(2)25(17-20-8-6-5-7-9-20)23(26)13-11-19-10-12-21(28-15-14-24)22(16-19)27-3/h5-13,16,18H,4,15,17H2,1-3H3/b13-11+. The topological polar surface area (TPSA) is 62.6 Å². The van der Waals surface area contributed by atoms with Gasteiger partial charge in [0.15, 0.2) is 18.1 Å². The summed E-state index contributed by atoms with van der Waals surface area (Å²) in [6.07, 6.45) is 4.23. The maximum Gasteiger partial charge on any atom is 0.247 e. The predicted molar refractivity (Wildman–Crippen MR) is 110 cm³/mol. The molecule has 0 aliphatic carbocycles. The highest BCUT2D eigenvalue weighted by molar-refractivity contribution is 5.92. The molecule has 0 spiro atoms. The smallest absolute Gasteiger partial charge is 0.247 e. The van der Waals surface area contributed by atoms with Gasteiger partial charge in [0.25, 0.3) is 0 Å². The summed E-state index contributed by atoms with van der Waals surface area (Å²) < 4.78 is 10.6. The Hall–Kier alpha value is -3.26. The van der Waals surface area contributed by atoms with Gasteiger partial charge in [0.2, 0.25) is 5.91 Å². The summed E-state index contributed by atoms with van der Waals surface area (Å²) in [5.74, 6) is 0.979. The van der Waals surface area contributed by atoms with E-state index in [0.717, 1.165) is 17.5 Å². The van der Waals surface area contributed by atoms with E-state index in [2.05, 4.69) is 13.8 Å². The first-order chi connectivity index (χ1) is 13.6. The van der Waals surface area contributed by atoms with Gasteiger partial charge in [-0.25, -0.2) is 0 Å². The van der Waals surface area contributed by atoms with Gasteiger partial charge in [-0.15, -0.1) is 0 Å². The molecule has 1 unspecified atom stereocenters. The third-order valence-corrected chi connectivity index (χ3v) is 4.50. The van der Waals surface area contributed by atoms with Gasteiger partial charge in [0, 0.05) is 18.7 Å². The summed E-state index contributed by atoms with van der Waals surface area (Å²) in [5.41, 5.74) is 1.92. The monoisotopic (exact) mass is 378 g/mol. The second-order valence-corrected chi connectivity index (χ2v) is 6.40. The molecular formula is C23H26N2O3. The van der Waals surface area contributed by atoms with Crippen molar-refractivity contribution < 1.29 is 14.3 Å². The third kappa shape index (κ3) is 5.88. The molecule has 0 aliphatic heterocycles. The van der Waals surface area contributed by atoms with Crippen molar-refractivity contribution in [3.8, 4) is 17.6 Å². The highest BCUT2D eigenvalue weighted by Crippen LogP contribution is 2.28. The second kappa shape index (κ2) is 10.8. The van der Waals surface area contributed by atoms with E-state index in [1.54, 1.807) is 24.3 Å². The van der Waals surface area contributed by atoms with Gasteiger partial charge >= 0.3 is 0 Å². The fraction of sp³-hybridized carbons (Fsp3) is 0.304. The number of amides is 1. The van der Waals surface area contributed by atoms with Gasteiger partial charge in [0.05, 0.1) is 7.11 Å². The predicted octanol–water partition coefficient (Wildman–Crippen LogP) is 4.44. The first kappa shape index (κ1) is 21.0. The highest BCUT2D eigenvalue weighted by atomic mass is 16.5. The molecule has 0 saturated heterocycles. The summed E-state index contributed by atoms with van der Waals surface area (Å²) in [6, 6.07) is 17.4. The van der Waals surface area contributed by atoms with Crippen molar-refractivity contribution in [3.63, 3.8) is 0 Å². The number of nitriles is 1. The quantitative estimate of drug-likeness (QED) is 0.605. The van der Waals surface area contributed by atoms with Gasteiger partial charge in [-0.3, -0.25) is 4.79 Å². The van der Waals surface area contributed by atoms with Gasteiger partial charge in [0.1, 0.15) is 6.07 Å². The first-order valence-electron chi connectivity index (χ1n) is 9.29. The van der Waals surface area contributed by atoms with E-state index in [1.807, 2.05) is 47.4 Å². The van der Waals surface area contributed by atoms with Crippen LogP contribution in [-0.4, -0.2) is 30.6 Å². The Morgan fingerprint density at radius 3 is 2.61 bits per heavy atom. The molecule has 2 aromatic carbocycles. The zero-order valence-corrected chi connectivity index (χ0v) is 16.6. The molecule has 0 bridgehead atoms. The van der Waals surface area contributed by atoms with Crippen LogP contribution >= 0.6 is 0 Å². The molecule has 2 aromatic rings. The lowest BCUT2D eigenvalue weighted by atomic mass is 10.1. The molecule has 5 heteroatoms. The van der Waals surface area contributed by atoms with Crippen LogP contribution in [0.2, 0.25) is 0 Å². The Labute approximate surface area is 166 Å². The van der Waals surface area contributed by atoms with Crippen LogP contribution in [0.3, 0.4) is 0 Å². The zero-order valence-electron chi connectivity index (χ0n) is 16.6. The Balaban J connectivity index is 2.15. The molecule has 0 fully saturated rings. The summed E-state index contributed by atoms with van der Waals surface area (Å²) in [6.45, 7) is 4.65. The maximum atomic E-state index is 12.8. The van der Waals surface area contributed by atoms with Crippen LogP contribution in [0.25, 0.3) is 6.08 Å². The normalized spacial score (nSPS) is 11.6. The molecule has 0 aromatic heterocycles. The van der Waals surface area contributed by atoms with E-state index in [-0.39, 0.29) is 18.6 Å². The van der Waals surface area contributed by atoms with Crippen molar-refractivity contribution in [3.05, 3.63) is 65.7 Å². The largest absolute Gasteiger partial charge is 0.493 e.